The summed E-state index contributed by atoms with van der Waals surface area (Å²) in [7, 11) is 0. The zero-order valence-corrected chi connectivity index (χ0v) is 11.0. The second-order valence-electron chi connectivity index (χ2n) is 4.13. The molecule has 0 fully saturated rings. The van der Waals surface area contributed by atoms with Crippen LogP contribution in [0, 0.1) is 0 Å². The molecular formula is C13H29NO. The minimum Gasteiger partial charge on any atom is -0.377 e. The van der Waals surface area contributed by atoms with Crippen molar-refractivity contribution in [2.45, 2.75) is 71.9 Å². The molecule has 0 aromatic carbocycles. The van der Waals surface area contributed by atoms with Crippen LogP contribution in [-0.4, -0.2) is 25.3 Å². The Morgan fingerprint density at radius 3 is 2.07 bits per heavy atom. The lowest BCUT2D eigenvalue weighted by Gasteiger charge is -2.27. The molecule has 0 saturated heterocycles. The molecule has 0 aliphatic heterocycles. The highest BCUT2D eigenvalue weighted by Crippen LogP contribution is 2.12. The van der Waals surface area contributed by atoms with Gasteiger partial charge in [-0.1, -0.05) is 33.6 Å². The molecule has 0 amide bonds. The van der Waals surface area contributed by atoms with Crippen LogP contribution in [0.3, 0.4) is 0 Å². The molecule has 0 aliphatic rings. The standard InChI is InChI=1S/C13H29NO/c1-5-9-12(14-11-7-3)13(10-6-2)15-8-4/h12-14H,5-11H2,1-4H3. The van der Waals surface area contributed by atoms with E-state index in [4.69, 9.17) is 4.74 Å². The molecule has 2 atom stereocenters. The van der Waals surface area contributed by atoms with Gasteiger partial charge in [0, 0.05) is 12.6 Å². The molecule has 15 heavy (non-hydrogen) atoms. The molecular weight excluding hydrogens is 186 g/mol. The molecule has 1 N–H and O–H groups in total. The zero-order valence-electron chi connectivity index (χ0n) is 11.0. The van der Waals surface area contributed by atoms with Gasteiger partial charge in [-0.25, -0.2) is 0 Å². The summed E-state index contributed by atoms with van der Waals surface area (Å²) < 4.78 is 5.83. The lowest BCUT2D eigenvalue weighted by molar-refractivity contribution is 0.0257. The Kier molecular flexibility index (Phi) is 10.4. The topological polar surface area (TPSA) is 21.3 Å². The molecule has 0 rings (SSSR count). The van der Waals surface area contributed by atoms with Crippen LogP contribution in [0.1, 0.15) is 59.8 Å². The van der Waals surface area contributed by atoms with Crippen LogP contribution in [0.5, 0.6) is 0 Å². The van der Waals surface area contributed by atoms with Crippen LogP contribution in [0.25, 0.3) is 0 Å². The number of hydrogen-bond acceptors (Lipinski definition) is 2. The van der Waals surface area contributed by atoms with Crippen molar-refractivity contribution in [3.8, 4) is 0 Å². The summed E-state index contributed by atoms with van der Waals surface area (Å²) in [5, 5.41) is 3.62. The predicted octanol–water partition coefficient (Wildman–Crippen LogP) is 3.36. The van der Waals surface area contributed by atoms with Gasteiger partial charge in [-0.3, -0.25) is 0 Å². The van der Waals surface area contributed by atoms with Gasteiger partial charge < -0.3 is 10.1 Å². The summed E-state index contributed by atoms with van der Waals surface area (Å²) in [6.07, 6.45) is 6.45. The fraction of sp³-hybridized carbons (Fsp3) is 1.00. The Morgan fingerprint density at radius 1 is 0.933 bits per heavy atom. The fourth-order valence-electron chi connectivity index (χ4n) is 1.96. The Hall–Kier alpha value is -0.0800. The predicted molar refractivity (Wildman–Crippen MR) is 67.3 cm³/mol. The van der Waals surface area contributed by atoms with Crippen LogP contribution >= 0.6 is 0 Å². The average Bonchev–Trinajstić information content (AvgIpc) is 2.24. The maximum atomic E-state index is 5.83. The lowest BCUT2D eigenvalue weighted by atomic mass is 10.0. The lowest BCUT2D eigenvalue weighted by Crippen LogP contribution is -2.41. The van der Waals surface area contributed by atoms with Crippen molar-refractivity contribution in [1.29, 1.82) is 0 Å². The summed E-state index contributed by atoms with van der Waals surface area (Å²) in [6.45, 7) is 10.7. The second kappa shape index (κ2) is 10.4. The zero-order chi connectivity index (χ0) is 11.5. The average molecular weight is 215 g/mol. The largest absolute Gasteiger partial charge is 0.377 e. The molecule has 2 unspecified atom stereocenters. The summed E-state index contributed by atoms with van der Waals surface area (Å²) in [5.74, 6) is 0. The molecule has 0 aromatic heterocycles. The van der Waals surface area contributed by atoms with E-state index < -0.39 is 0 Å². The first kappa shape index (κ1) is 14.9. The number of rotatable bonds is 10. The Bertz CT molecular complexity index is 122. The minimum absolute atomic E-state index is 0.409. The van der Waals surface area contributed by atoms with Gasteiger partial charge in [0.2, 0.25) is 0 Å². The third-order valence-electron chi connectivity index (χ3n) is 2.66. The van der Waals surface area contributed by atoms with E-state index in [9.17, 15) is 0 Å². The molecule has 0 aromatic rings. The van der Waals surface area contributed by atoms with Gasteiger partial charge in [0.15, 0.2) is 0 Å². The molecule has 0 radical (unpaired) electrons. The van der Waals surface area contributed by atoms with E-state index in [-0.39, 0.29) is 0 Å². The van der Waals surface area contributed by atoms with E-state index in [0.29, 0.717) is 12.1 Å². The van der Waals surface area contributed by atoms with E-state index in [1.165, 1.54) is 32.1 Å². The Labute approximate surface area is 95.8 Å². The smallest absolute Gasteiger partial charge is 0.0727 e. The first-order chi connectivity index (χ1) is 7.29. The maximum absolute atomic E-state index is 5.83. The van der Waals surface area contributed by atoms with Crippen molar-refractivity contribution in [2.75, 3.05) is 13.2 Å². The molecule has 0 heterocycles. The number of ether oxygens (including phenoxy) is 1. The number of hydrogen-bond donors (Lipinski definition) is 1. The van der Waals surface area contributed by atoms with Crippen molar-refractivity contribution < 1.29 is 4.74 Å². The summed E-state index contributed by atoms with van der Waals surface area (Å²) in [6, 6.07) is 0.551. The maximum Gasteiger partial charge on any atom is 0.0727 e. The van der Waals surface area contributed by atoms with Gasteiger partial charge >= 0.3 is 0 Å². The van der Waals surface area contributed by atoms with Crippen molar-refractivity contribution in [2.24, 2.45) is 0 Å². The van der Waals surface area contributed by atoms with Gasteiger partial charge in [-0.15, -0.1) is 0 Å². The summed E-state index contributed by atoms with van der Waals surface area (Å²) in [5.41, 5.74) is 0. The van der Waals surface area contributed by atoms with Crippen molar-refractivity contribution in [1.82, 2.24) is 5.32 Å². The van der Waals surface area contributed by atoms with Gasteiger partial charge in [-0.2, -0.15) is 0 Å². The van der Waals surface area contributed by atoms with Crippen LogP contribution in [-0.2, 0) is 4.74 Å². The first-order valence-electron chi connectivity index (χ1n) is 6.64. The molecule has 2 heteroatoms. The quantitative estimate of drug-likeness (QED) is 0.603. The van der Waals surface area contributed by atoms with Gasteiger partial charge in [-0.05, 0) is 32.7 Å². The second-order valence-corrected chi connectivity index (χ2v) is 4.13. The van der Waals surface area contributed by atoms with Crippen LogP contribution < -0.4 is 5.32 Å². The van der Waals surface area contributed by atoms with Crippen LogP contribution in [0.4, 0.5) is 0 Å². The molecule has 0 saturated carbocycles. The molecule has 0 spiro atoms. The highest BCUT2D eigenvalue weighted by atomic mass is 16.5. The van der Waals surface area contributed by atoms with E-state index in [2.05, 4.69) is 33.0 Å². The van der Waals surface area contributed by atoms with Crippen LogP contribution in [0.15, 0.2) is 0 Å². The number of nitrogens with one attached hydrogen (secondary N) is 1. The summed E-state index contributed by atoms with van der Waals surface area (Å²) >= 11 is 0. The Morgan fingerprint density at radius 2 is 1.60 bits per heavy atom. The highest BCUT2D eigenvalue weighted by Gasteiger charge is 2.19. The SMILES string of the molecule is CCCNC(CCC)C(CCC)OCC. The Balaban J connectivity index is 4.09. The molecule has 92 valence electrons. The third-order valence-corrected chi connectivity index (χ3v) is 2.66. The van der Waals surface area contributed by atoms with Gasteiger partial charge in [0.25, 0.3) is 0 Å². The highest BCUT2D eigenvalue weighted by molar-refractivity contribution is 4.76. The van der Waals surface area contributed by atoms with Crippen LogP contribution in [0.2, 0.25) is 0 Å². The van der Waals surface area contributed by atoms with Gasteiger partial charge in [0.05, 0.1) is 6.10 Å². The molecule has 0 bridgehead atoms. The van der Waals surface area contributed by atoms with Crippen molar-refractivity contribution >= 4 is 0 Å². The third kappa shape index (κ3) is 6.91. The van der Waals surface area contributed by atoms with Crippen molar-refractivity contribution in [3.63, 3.8) is 0 Å². The van der Waals surface area contributed by atoms with Gasteiger partial charge in [0.1, 0.15) is 0 Å². The van der Waals surface area contributed by atoms with Crippen molar-refractivity contribution in [3.05, 3.63) is 0 Å². The van der Waals surface area contributed by atoms with E-state index in [1.807, 2.05) is 0 Å². The first-order valence-corrected chi connectivity index (χ1v) is 6.64. The monoisotopic (exact) mass is 215 g/mol. The molecule has 2 nitrogen and oxygen atoms in total. The normalized spacial score (nSPS) is 15.2. The van der Waals surface area contributed by atoms with E-state index in [0.717, 1.165) is 13.2 Å². The molecule has 0 aliphatic carbocycles. The summed E-state index contributed by atoms with van der Waals surface area (Å²) in [4.78, 5) is 0. The van der Waals surface area contributed by atoms with E-state index >= 15 is 0 Å². The van der Waals surface area contributed by atoms with E-state index in [1.54, 1.807) is 0 Å². The fourth-order valence-corrected chi connectivity index (χ4v) is 1.96. The minimum atomic E-state index is 0.409.